The molecule has 0 aromatic heterocycles. The van der Waals surface area contributed by atoms with Crippen LogP contribution in [0.5, 0.6) is 0 Å². The lowest BCUT2D eigenvalue weighted by atomic mass is 9.78. The first-order chi connectivity index (χ1) is 13.5. The molecule has 3 atom stereocenters. The van der Waals surface area contributed by atoms with Crippen molar-refractivity contribution in [3.8, 4) is 0 Å². The molecule has 1 aromatic carbocycles. The van der Waals surface area contributed by atoms with Crippen LogP contribution in [0.25, 0.3) is 0 Å². The molecule has 0 aliphatic carbocycles. The van der Waals surface area contributed by atoms with Crippen LogP contribution in [0.1, 0.15) is 51.0 Å². The number of nitrogens with one attached hydrogen (secondary N) is 1. The van der Waals surface area contributed by atoms with E-state index in [1.54, 1.807) is 0 Å². The van der Waals surface area contributed by atoms with Crippen molar-refractivity contribution >= 4 is 11.9 Å². The molecule has 4 rings (SSSR count). The minimum atomic E-state index is -0.375. The molecule has 0 radical (unpaired) electrons. The second kappa shape index (κ2) is 7.72. The summed E-state index contributed by atoms with van der Waals surface area (Å²) >= 11 is 0. The Kier molecular flexibility index (Phi) is 5.30. The van der Waals surface area contributed by atoms with Crippen molar-refractivity contribution in [2.75, 3.05) is 19.6 Å². The minimum Gasteiger partial charge on any atom is -0.356 e. The van der Waals surface area contributed by atoms with Gasteiger partial charge in [0.15, 0.2) is 0 Å². The molecule has 152 valence electrons. The van der Waals surface area contributed by atoms with Gasteiger partial charge in [0.05, 0.1) is 5.41 Å². The molecule has 3 aliphatic heterocycles. The summed E-state index contributed by atoms with van der Waals surface area (Å²) in [6, 6.07) is 7.17. The van der Waals surface area contributed by atoms with Gasteiger partial charge >= 0.3 is 6.03 Å². The van der Waals surface area contributed by atoms with Crippen LogP contribution in [0, 0.1) is 11.2 Å². The van der Waals surface area contributed by atoms with E-state index >= 15 is 0 Å². The van der Waals surface area contributed by atoms with Crippen molar-refractivity contribution in [3.05, 3.63) is 35.6 Å². The van der Waals surface area contributed by atoms with Crippen molar-refractivity contribution in [2.45, 2.75) is 64.0 Å². The molecule has 5 nitrogen and oxygen atoms in total. The molecule has 1 N–H and O–H groups in total. The molecule has 1 aromatic rings. The zero-order valence-electron chi connectivity index (χ0n) is 16.6. The first-order valence-corrected chi connectivity index (χ1v) is 10.6. The number of halogens is 1. The number of urea groups is 1. The van der Waals surface area contributed by atoms with Crippen molar-refractivity contribution in [1.29, 1.82) is 0 Å². The number of hydrogen-bond acceptors (Lipinski definition) is 2. The van der Waals surface area contributed by atoms with Crippen LogP contribution in [0.4, 0.5) is 9.18 Å². The molecule has 28 heavy (non-hydrogen) atoms. The maximum absolute atomic E-state index is 13.4. The number of benzene rings is 1. The van der Waals surface area contributed by atoms with Crippen molar-refractivity contribution in [1.82, 2.24) is 15.1 Å². The molecule has 3 saturated heterocycles. The predicted octanol–water partition coefficient (Wildman–Crippen LogP) is 3.33. The van der Waals surface area contributed by atoms with E-state index in [-0.39, 0.29) is 35.3 Å². The van der Waals surface area contributed by atoms with E-state index in [1.807, 2.05) is 17.0 Å². The fourth-order valence-corrected chi connectivity index (χ4v) is 5.25. The molecule has 0 saturated carbocycles. The van der Waals surface area contributed by atoms with Gasteiger partial charge in [-0.3, -0.25) is 4.79 Å². The lowest BCUT2D eigenvalue weighted by Gasteiger charge is -2.42. The van der Waals surface area contributed by atoms with Crippen molar-refractivity contribution in [2.24, 2.45) is 5.41 Å². The average molecular weight is 387 g/mol. The number of hydrogen-bond donors (Lipinski definition) is 1. The Bertz CT molecular complexity index is 738. The van der Waals surface area contributed by atoms with Crippen LogP contribution in [0.2, 0.25) is 0 Å². The normalized spacial score (nSPS) is 30.1. The van der Waals surface area contributed by atoms with E-state index in [1.165, 1.54) is 12.1 Å². The second-order valence-corrected chi connectivity index (χ2v) is 8.75. The summed E-state index contributed by atoms with van der Waals surface area (Å²) in [7, 11) is 0. The lowest BCUT2D eigenvalue weighted by Crippen LogP contribution is -2.55. The number of nitrogens with zero attached hydrogens (tertiary/aromatic N) is 2. The zero-order valence-corrected chi connectivity index (χ0v) is 16.6. The van der Waals surface area contributed by atoms with E-state index < -0.39 is 0 Å². The third-order valence-corrected chi connectivity index (χ3v) is 6.90. The number of rotatable bonds is 3. The van der Waals surface area contributed by atoms with Gasteiger partial charge in [0.1, 0.15) is 5.82 Å². The van der Waals surface area contributed by atoms with Crippen LogP contribution in [-0.2, 0) is 11.2 Å². The molecule has 6 heteroatoms. The third-order valence-electron chi connectivity index (χ3n) is 6.90. The minimum absolute atomic E-state index is 0.0906. The third kappa shape index (κ3) is 3.61. The van der Waals surface area contributed by atoms with Gasteiger partial charge in [-0.1, -0.05) is 12.1 Å². The number of carbonyl (C=O) groups excluding carboxylic acids is 2. The van der Waals surface area contributed by atoms with E-state index in [0.29, 0.717) is 6.54 Å². The van der Waals surface area contributed by atoms with Gasteiger partial charge in [-0.25, -0.2) is 9.18 Å². The fraction of sp³-hybridized carbons (Fsp3) is 0.636. The second-order valence-electron chi connectivity index (χ2n) is 8.75. The maximum atomic E-state index is 13.4. The summed E-state index contributed by atoms with van der Waals surface area (Å²) in [5.41, 5.74) is 0.730. The average Bonchev–Trinajstić information content (AvgIpc) is 3.23. The Morgan fingerprint density at radius 1 is 1.25 bits per heavy atom. The number of amides is 3. The molecule has 3 aliphatic rings. The highest BCUT2D eigenvalue weighted by Crippen LogP contribution is 2.38. The number of aryl methyl sites for hydroxylation is 1. The quantitative estimate of drug-likeness (QED) is 0.865. The zero-order chi connectivity index (χ0) is 19.7. The van der Waals surface area contributed by atoms with Crippen molar-refractivity contribution < 1.29 is 14.0 Å². The summed E-state index contributed by atoms with van der Waals surface area (Å²) in [4.78, 5) is 29.7. The van der Waals surface area contributed by atoms with E-state index in [2.05, 4.69) is 17.1 Å². The number of likely N-dealkylation sites (tertiary alicyclic amines) is 2. The summed E-state index contributed by atoms with van der Waals surface area (Å²) in [5, 5.41) is 2.95. The highest BCUT2D eigenvalue weighted by Gasteiger charge is 2.47. The Hall–Kier alpha value is -2.11. The summed E-state index contributed by atoms with van der Waals surface area (Å²) in [5.74, 6) is -0.0997. The SMILES string of the molecule is C[C@@H]1CC[C@H](CCc2ccc(F)cc2)N1C(=O)N1CCCC2(CCNC2=O)C1. The number of carbonyl (C=O) groups is 2. The molecular weight excluding hydrogens is 357 g/mol. The lowest BCUT2D eigenvalue weighted by molar-refractivity contribution is -0.129. The maximum Gasteiger partial charge on any atom is 0.320 e. The molecule has 3 heterocycles. The van der Waals surface area contributed by atoms with Crippen molar-refractivity contribution in [3.63, 3.8) is 0 Å². The standard InChI is InChI=1S/C22H30FN3O2/c1-16-3-9-19(10-6-17-4-7-18(23)8-5-17)26(16)21(28)25-14-2-11-22(15-25)12-13-24-20(22)27/h4-5,7-8,16,19H,2-3,6,9-15H2,1H3,(H,24,27)/t16-,19-,22?/m1/s1. The smallest absolute Gasteiger partial charge is 0.320 e. The topological polar surface area (TPSA) is 52.7 Å². The Balaban J connectivity index is 1.42. The van der Waals surface area contributed by atoms with Gasteiger partial charge in [0.2, 0.25) is 5.91 Å². The van der Waals surface area contributed by atoms with Gasteiger partial charge in [0, 0.05) is 31.7 Å². The van der Waals surface area contributed by atoms with E-state index in [9.17, 15) is 14.0 Å². The predicted molar refractivity (Wildman–Crippen MR) is 105 cm³/mol. The molecule has 1 spiro atoms. The Labute approximate surface area is 166 Å². The van der Waals surface area contributed by atoms with Gasteiger partial charge in [-0.15, -0.1) is 0 Å². The highest BCUT2D eigenvalue weighted by atomic mass is 19.1. The van der Waals surface area contributed by atoms with Gasteiger partial charge in [-0.2, -0.15) is 0 Å². The largest absolute Gasteiger partial charge is 0.356 e. The molecule has 3 amide bonds. The van der Waals surface area contributed by atoms with Crippen LogP contribution < -0.4 is 5.32 Å². The fourth-order valence-electron chi connectivity index (χ4n) is 5.25. The first kappa shape index (κ1) is 19.2. The molecule has 0 bridgehead atoms. The van der Waals surface area contributed by atoms with Crippen LogP contribution >= 0.6 is 0 Å². The summed E-state index contributed by atoms with van der Waals surface area (Å²) in [6.07, 6.45) is 6.36. The van der Waals surface area contributed by atoms with E-state index in [0.717, 1.165) is 63.6 Å². The van der Waals surface area contributed by atoms with Gasteiger partial charge in [-0.05, 0) is 69.6 Å². The van der Waals surface area contributed by atoms with Crippen LogP contribution in [0.15, 0.2) is 24.3 Å². The number of piperidine rings is 1. The van der Waals surface area contributed by atoms with E-state index in [4.69, 9.17) is 0 Å². The first-order valence-electron chi connectivity index (χ1n) is 10.6. The summed E-state index contributed by atoms with van der Waals surface area (Å²) < 4.78 is 13.1. The monoisotopic (exact) mass is 387 g/mol. The van der Waals surface area contributed by atoms with Gasteiger partial charge in [0.25, 0.3) is 0 Å². The molecule has 1 unspecified atom stereocenters. The summed E-state index contributed by atoms with van der Waals surface area (Å²) in [6.45, 7) is 4.13. The van der Waals surface area contributed by atoms with Crippen LogP contribution in [0.3, 0.4) is 0 Å². The highest BCUT2D eigenvalue weighted by molar-refractivity contribution is 5.86. The molecular formula is C22H30FN3O2. The molecule has 3 fully saturated rings. The van der Waals surface area contributed by atoms with Gasteiger partial charge < -0.3 is 15.1 Å². The van der Waals surface area contributed by atoms with Crippen LogP contribution in [-0.4, -0.2) is 53.5 Å². The Morgan fingerprint density at radius 2 is 2.04 bits per heavy atom. The Morgan fingerprint density at radius 3 is 2.75 bits per heavy atom.